The van der Waals surface area contributed by atoms with Gasteiger partial charge in [0.05, 0.1) is 28.5 Å². The van der Waals surface area contributed by atoms with Gasteiger partial charge in [0.1, 0.15) is 35.4 Å². The molecule has 172 valence electrons. The zero-order valence-electron chi connectivity index (χ0n) is 18.7. The van der Waals surface area contributed by atoms with Crippen LogP contribution in [0, 0.1) is 24.1 Å². The maximum absolute atomic E-state index is 14.4. The monoisotopic (exact) mass is 467 g/mol. The lowest BCUT2D eigenvalue weighted by Gasteiger charge is -2.21. The first kappa shape index (κ1) is 21.8. The van der Waals surface area contributed by atoms with Gasteiger partial charge in [-0.3, -0.25) is 4.98 Å². The molecule has 3 N–H and O–H groups in total. The number of aryl methyl sites for hydroxylation is 1. The molecule has 10 nitrogen and oxygen atoms in total. The van der Waals surface area contributed by atoms with Crippen molar-refractivity contribution < 1.29 is 8.81 Å². The molecule has 0 bridgehead atoms. The highest BCUT2D eigenvalue weighted by Crippen LogP contribution is 2.41. The quantitative estimate of drug-likeness (QED) is 0.384. The molecule has 4 aromatic heterocycles. The van der Waals surface area contributed by atoms with Gasteiger partial charge >= 0.3 is 0 Å². The van der Waals surface area contributed by atoms with Gasteiger partial charge in [-0.25, -0.2) is 19.3 Å². The Hall–Kier alpha value is -4.98. The molecule has 5 aromatic rings. The fourth-order valence-corrected chi connectivity index (χ4v) is 3.85. The van der Waals surface area contributed by atoms with Gasteiger partial charge in [0.15, 0.2) is 0 Å². The van der Waals surface area contributed by atoms with E-state index in [1.165, 1.54) is 18.5 Å². The molecule has 0 saturated heterocycles. The fraction of sp³-hybridized carbons (Fsp3) is 0.125. The van der Waals surface area contributed by atoms with E-state index >= 15 is 0 Å². The van der Waals surface area contributed by atoms with Crippen LogP contribution in [0.15, 0.2) is 53.3 Å². The molecule has 1 atom stereocenters. The number of halogens is 1. The van der Waals surface area contributed by atoms with E-state index in [0.717, 1.165) is 0 Å². The van der Waals surface area contributed by atoms with Gasteiger partial charge in [0.2, 0.25) is 11.8 Å². The van der Waals surface area contributed by atoms with Crippen molar-refractivity contribution in [2.75, 3.05) is 11.1 Å². The minimum absolute atomic E-state index is 0.0612. The number of pyridine rings is 2. The Morgan fingerprint density at radius 3 is 2.69 bits per heavy atom. The summed E-state index contributed by atoms with van der Waals surface area (Å²) in [6.07, 6.45) is 2.92. The van der Waals surface area contributed by atoms with Crippen LogP contribution in [0.3, 0.4) is 0 Å². The summed E-state index contributed by atoms with van der Waals surface area (Å²) in [7, 11) is 0. The van der Waals surface area contributed by atoms with Crippen molar-refractivity contribution in [2.45, 2.75) is 19.9 Å². The zero-order chi connectivity index (χ0) is 24.5. The topological polar surface area (TPSA) is 152 Å². The number of nitrogen functional groups attached to an aromatic ring is 1. The third kappa shape index (κ3) is 3.97. The SMILES string of the molecule is Cc1nnc(-c2c(-c3ccccn3)c([C@@H](C)Nc3ncnc(N)c3C#N)nc3ccc(F)cc23)o1. The van der Waals surface area contributed by atoms with Crippen LogP contribution >= 0.6 is 0 Å². The van der Waals surface area contributed by atoms with Gasteiger partial charge < -0.3 is 15.5 Å². The zero-order valence-corrected chi connectivity index (χ0v) is 18.7. The van der Waals surface area contributed by atoms with Crippen molar-refractivity contribution in [1.29, 1.82) is 5.26 Å². The van der Waals surface area contributed by atoms with E-state index < -0.39 is 11.9 Å². The molecule has 1 aromatic carbocycles. The molecule has 0 amide bonds. The molecule has 0 aliphatic carbocycles. The minimum atomic E-state index is -0.495. The van der Waals surface area contributed by atoms with Crippen LogP contribution in [-0.2, 0) is 0 Å². The molecule has 0 unspecified atom stereocenters. The second-order valence-electron chi connectivity index (χ2n) is 7.71. The molecule has 0 saturated carbocycles. The van der Waals surface area contributed by atoms with Gasteiger partial charge in [0.25, 0.3) is 0 Å². The summed E-state index contributed by atoms with van der Waals surface area (Å²) in [5.74, 6) is 0.453. The highest BCUT2D eigenvalue weighted by atomic mass is 19.1. The Bertz CT molecular complexity index is 1590. The molecule has 0 radical (unpaired) electrons. The predicted molar refractivity (Wildman–Crippen MR) is 126 cm³/mol. The summed E-state index contributed by atoms with van der Waals surface area (Å²) >= 11 is 0. The molecule has 0 aliphatic heterocycles. The van der Waals surface area contributed by atoms with Crippen molar-refractivity contribution in [3.63, 3.8) is 0 Å². The number of nitrogens with one attached hydrogen (secondary N) is 1. The molecular weight excluding hydrogens is 449 g/mol. The Morgan fingerprint density at radius 1 is 1.11 bits per heavy atom. The van der Waals surface area contributed by atoms with Gasteiger partial charge in [0, 0.05) is 24.1 Å². The molecule has 4 heterocycles. The van der Waals surface area contributed by atoms with Crippen LogP contribution in [0.5, 0.6) is 0 Å². The van der Waals surface area contributed by atoms with Crippen LogP contribution in [0.4, 0.5) is 16.0 Å². The Balaban J connectivity index is 1.80. The molecule has 11 heteroatoms. The highest BCUT2D eigenvalue weighted by Gasteiger charge is 2.26. The van der Waals surface area contributed by atoms with E-state index in [2.05, 4.69) is 30.5 Å². The first-order chi connectivity index (χ1) is 17.0. The molecule has 0 aliphatic rings. The van der Waals surface area contributed by atoms with Crippen LogP contribution in [0.2, 0.25) is 0 Å². The molecule has 0 spiro atoms. The van der Waals surface area contributed by atoms with Crippen molar-refractivity contribution in [3.05, 3.63) is 71.9 Å². The molecule has 35 heavy (non-hydrogen) atoms. The number of nitrogens with two attached hydrogens (primary N) is 1. The normalized spacial score (nSPS) is 11.8. The van der Waals surface area contributed by atoms with E-state index in [9.17, 15) is 9.65 Å². The summed E-state index contributed by atoms with van der Waals surface area (Å²) in [6, 6.07) is 11.3. The number of aromatic nitrogens is 6. The number of fused-ring (bicyclic) bond motifs is 1. The van der Waals surface area contributed by atoms with Crippen molar-refractivity contribution in [1.82, 2.24) is 30.1 Å². The fourth-order valence-electron chi connectivity index (χ4n) is 3.85. The van der Waals surface area contributed by atoms with Gasteiger partial charge in [-0.15, -0.1) is 10.2 Å². The number of rotatable bonds is 5. The average molecular weight is 467 g/mol. The van der Waals surface area contributed by atoms with E-state index in [4.69, 9.17) is 15.1 Å². The molecule has 5 rings (SSSR count). The minimum Gasteiger partial charge on any atom is -0.421 e. The van der Waals surface area contributed by atoms with Crippen LogP contribution < -0.4 is 11.1 Å². The third-order valence-electron chi connectivity index (χ3n) is 5.39. The standard InChI is InChI=1S/C24H18FN9O/c1-12(31-23-16(10-26)22(27)29-11-30-23)21-20(18-5-3-4-8-28-18)19(24-34-33-13(2)35-24)15-9-14(25)6-7-17(15)32-21/h3-9,11-12H,1-2H3,(H3,27,29,30,31)/t12-/m1/s1. The first-order valence-corrected chi connectivity index (χ1v) is 10.6. The lowest BCUT2D eigenvalue weighted by atomic mass is 9.94. The third-order valence-corrected chi connectivity index (χ3v) is 5.39. The molecular formula is C24H18FN9O. The highest BCUT2D eigenvalue weighted by molar-refractivity contribution is 6.01. The number of nitrogens with zero attached hydrogens (tertiary/aromatic N) is 7. The molecule has 0 fully saturated rings. The number of nitriles is 1. The van der Waals surface area contributed by atoms with E-state index in [0.29, 0.717) is 39.3 Å². The first-order valence-electron chi connectivity index (χ1n) is 10.6. The predicted octanol–water partition coefficient (Wildman–Crippen LogP) is 4.21. The van der Waals surface area contributed by atoms with E-state index in [-0.39, 0.29) is 23.1 Å². The van der Waals surface area contributed by atoms with Crippen molar-refractivity contribution in [2.24, 2.45) is 0 Å². The van der Waals surface area contributed by atoms with E-state index in [1.54, 1.807) is 25.3 Å². The summed E-state index contributed by atoms with van der Waals surface area (Å²) in [5, 5.41) is 21.4. The number of hydrogen-bond donors (Lipinski definition) is 2. The van der Waals surface area contributed by atoms with Gasteiger partial charge in [-0.2, -0.15) is 5.26 Å². The summed E-state index contributed by atoms with van der Waals surface area (Å²) in [4.78, 5) is 17.4. The second kappa shape index (κ2) is 8.75. The van der Waals surface area contributed by atoms with Crippen molar-refractivity contribution >= 4 is 22.5 Å². The summed E-state index contributed by atoms with van der Waals surface area (Å²) in [6.45, 7) is 3.53. The van der Waals surface area contributed by atoms with Crippen LogP contribution in [-0.4, -0.2) is 30.1 Å². The summed E-state index contributed by atoms with van der Waals surface area (Å²) in [5.41, 5.74) is 8.69. The summed E-state index contributed by atoms with van der Waals surface area (Å²) < 4.78 is 20.1. The lowest BCUT2D eigenvalue weighted by Crippen LogP contribution is -2.14. The number of hydrogen-bond acceptors (Lipinski definition) is 10. The Labute approximate surface area is 198 Å². The van der Waals surface area contributed by atoms with Crippen LogP contribution in [0.1, 0.15) is 30.1 Å². The van der Waals surface area contributed by atoms with Gasteiger partial charge in [-0.1, -0.05) is 6.07 Å². The maximum Gasteiger partial charge on any atom is 0.249 e. The van der Waals surface area contributed by atoms with Crippen LogP contribution in [0.25, 0.3) is 33.6 Å². The largest absolute Gasteiger partial charge is 0.421 e. The Kier molecular flexibility index (Phi) is 5.46. The maximum atomic E-state index is 14.4. The Morgan fingerprint density at radius 2 is 1.97 bits per heavy atom. The lowest BCUT2D eigenvalue weighted by molar-refractivity contribution is 0.533. The average Bonchev–Trinajstić information content (AvgIpc) is 3.29. The van der Waals surface area contributed by atoms with Gasteiger partial charge in [-0.05, 0) is 37.3 Å². The number of benzene rings is 1. The number of anilines is 2. The second-order valence-corrected chi connectivity index (χ2v) is 7.71. The van der Waals surface area contributed by atoms with E-state index in [1.807, 2.05) is 25.1 Å². The smallest absolute Gasteiger partial charge is 0.249 e. The van der Waals surface area contributed by atoms with Crippen molar-refractivity contribution in [3.8, 4) is 28.8 Å².